The first-order valence-corrected chi connectivity index (χ1v) is 5.27. The highest BCUT2D eigenvalue weighted by molar-refractivity contribution is 5.94. The smallest absolute Gasteiger partial charge is 0.303 e. The van der Waals surface area contributed by atoms with Crippen molar-refractivity contribution in [1.29, 1.82) is 0 Å². The molecule has 1 aromatic rings. The monoisotopic (exact) mass is 239 g/mol. The third kappa shape index (κ3) is 4.22. The average molecular weight is 239 g/mol. The molecule has 0 spiro atoms. The lowest BCUT2D eigenvalue weighted by Gasteiger charge is -2.05. The summed E-state index contributed by atoms with van der Waals surface area (Å²) < 4.78 is 13.4. The molecule has 0 aliphatic rings. The number of aliphatic carboxylic acids is 1. The molecule has 1 amide bonds. The summed E-state index contributed by atoms with van der Waals surface area (Å²) in [4.78, 5) is 21.8. The molecular formula is C12H14FNO3. The van der Waals surface area contributed by atoms with Crippen LogP contribution in [0.3, 0.4) is 0 Å². The predicted molar refractivity (Wildman–Crippen MR) is 60.3 cm³/mol. The van der Waals surface area contributed by atoms with E-state index in [2.05, 4.69) is 5.32 Å². The van der Waals surface area contributed by atoms with Crippen molar-refractivity contribution in [3.8, 4) is 0 Å². The number of aryl methyl sites for hydroxylation is 1. The number of carbonyl (C=O) groups is 2. The van der Waals surface area contributed by atoms with Crippen molar-refractivity contribution in [2.24, 2.45) is 0 Å². The van der Waals surface area contributed by atoms with Gasteiger partial charge in [-0.3, -0.25) is 9.59 Å². The number of halogens is 1. The lowest BCUT2D eigenvalue weighted by Crippen LogP contribution is -2.25. The van der Waals surface area contributed by atoms with E-state index in [1.165, 1.54) is 12.1 Å². The minimum Gasteiger partial charge on any atom is -0.481 e. The number of carboxylic acids is 1. The molecule has 0 aromatic heterocycles. The standard InChI is InChI=1S/C12H14FNO3/c1-8-4-5-9(10(13)7-8)12(17)14-6-2-3-11(15)16/h4-5,7H,2-3,6H2,1H3,(H,14,17)(H,15,16). The largest absolute Gasteiger partial charge is 0.481 e. The highest BCUT2D eigenvalue weighted by atomic mass is 19.1. The Morgan fingerprint density at radius 1 is 1.41 bits per heavy atom. The SMILES string of the molecule is Cc1ccc(C(=O)NCCCC(=O)O)c(F)c1. The van der Waals surface area contributed by atoms with Crippen LogP contribution in [-0.2, 0) is 4.79 Å². The Bertz CT molecular complexity index is 432. The summed E-state index contributed by atoms with van der Waals surface area (Å²) in [5.74, 6) is -2.01. The van der Waals surface area contributed by atoms with Gasteiger partial charge in [-0.2, -0.15) is 0 Å². The van der Waals surface area contributed by atoms with E-state index in [0.717, 1.165) is 5.56 Å². The number of carbonyl (C=O) groups excluding carboxylic acids is 1. The van der Waals surface area contributed by atoms with Crippen LogP contribution in [0.5, 0.6) is 0 Å². The lowest BCUT2D eigenvalue weighted by atomic mass is 10.1. The van der Waals surface area contributed by atoms with Gasteiger partial charge in [0.2, 0.25) is 0 Å². The van der Waals surface area contributed by atoms with E-state index >= 15 is 0 Å². The zero-order valence-electron chi connectivity index (χ0n) is 9.50. The third-order valence-electron chi connectivity index (χ3n) is 2.22. The Hall–Kier alpha value is -1.91. The van der Waals surface area contributed by atoms with Gasteiger partial charge in [0.05, 0.1) is 5.56 Å². The molecule has 0 heterocycles. The summed E-state index contributed by atoms with van der Waals surface area (Å²) in [7, 11) is 0. The van der Waals surface area contributed by atoms with E-state index in [-0.39, 0.29) is 18.5 Å². The van der Waals surface area contributed by atoms with Crippen molar-refractivity contribution in [3.05, 3.63) is 35.1 Å². The van der Waals surface area contributed by atoms with E-state index < -0.39 is 17.7 Å². The Morgan fingerprint density at radius 3 is 2.71 bits per heavy atom. The summed E-state index contributed by atoms with van der Waals surface area (Å²) in [6.45, 7) is 1.95. The molecule has 0 bridgehead atoms. The Labute approximate surface area is 98.5 Å². The van der Waals surface area contributed by atoms with Gasteiger partial charge in [-0.05, 0) is 31.0 Å². The quantitative estimate of drug-likeness (QED) is 0.769. The van der Waals surface area contributed by atoms with E-state index in [9.17, 15) is 14.0 Å². The topological polar surface area (TPSA) is 66.4 Å². The van der Waals surface area contributed by atoms with Crippen LogP contribution in [0.15, 0.2) is 18.2 Å². The first-order valence-electron chi connectivity index (χ1n) is 5.27. The van der Waals surface area contributed by atoms with Crippen LogP contribution in [0, 0.1) is 12.7 Å². The summed E-state index contributed by atoms with van der Waals surface area (Å²) in [5, 5.41) is 10.9. The van der Waals surface area contributed by atoms with Crippen molar-refractivity contribution in [1.82, 2.24) is 5.32 Å². The average Bonchev–Trinajstić information content (AvgIpc) is 2.23. The van der Waals surface area contributed by atoms with Crippen LogP contribution in [0.25, 0.3) is 0 Å². The predicted octanol–water partition coefficient (Wildman–Crippen LogP) is 1.73. The van der Waals surface area contributed by atoms with E-state index in [4.69, 9.17) is 5.11 Å². The second-order valence-corrected chi connectivity index (χ2v) is 3.74. The fourth-order valence-electron chi connectivity index (χ4n) is 1.34. The normalized spacial score (nSPS) is 10.0. The molecule has 17 heavy (non-hydrogen) atoms. The molecule has 0 fully saturated rings. The van der Waals surface area contributed by atoms with Crippen LogP contribution in [0.2, 0.25) is 0 Å². The molecule has 2 N–H and O–H groups in total. The second kappa shape index (κ2) is 5.98. The maximum absolute atomic E-state index is 13.4. The molecule has 4 nitrogen and oxygen atoms in total. The van der Waals surface area contributed by atoms with Crippen LogP contribution in [-0.4, -0.2) is 23.5 Å². The number of hydrogen-bond donors (Lipinski definition) is 2. The van der Waals surface area contributed by atoms with E-state index in [1.54, 1.807) is 13.0 Å². The number of rotatable bonds is 5. The van der Waals surface area contributed by atoms with Gasteiger partial charge in [0, 0.05) is 13.0 Å². The lowest BCUT2D eigenvalue weighted by molar-refractivity contribution is -0.137. The van der Waals surface area contributed by atoms with Gasteiger partial charge < -0.3 is 10.4 Å². The zero-order chi connectivity index (χ0) is 12.8. The molecule has 0 radical (unpaired) electrons. The van der Waals surface area contributed by atoms with Crippen molar-refractivity contribution in [2.75, 3.05) is 6.54 Å². The summed E-state index contributed by atoms with van der Waals surface area (Å²) in [5.41, 5.74) is 0.718. The number of carboxylic acid groups (broad SMARTS) is 1. The molecule has 1 rings (SSSR count). The fraction of sp³-hybridized carbons (Fsp3) is 0.333. The van der Waals surface area contributed by atoms with Crippen molar-refractivity contribution in [3.63, 3.8) is 0 Å². The van der Waals surface area contributed by atoms with Crippen LogP contribution >= 0.6 is 0 Å². The second-order valence-electron chi connectivity index (χ2n) is 3.74. The molecule has 0 aliphatic heterocycles. The van der Waals surface area contributed by atoms with E-state index in [0.29, 0.717) is 6.42 Å². The van der Waals surface area contributed by atoms with Crippen molar-refractivity contribution in [2.45, 2.75) is 19.8 Å². The number of hydrogen-bond acceptors (Lipinski definition) is 2. The molecule has 0 aliphatic carbocycles. The van der Waals surface area contributed by atoms with Gasteiger partial charge in [0.15, 0.2) is 0 Å². The Kier molecular flexibility index (Phi) is 4.63. The molecule has 0 saturated heterocycles. The van der Waals surface area contributed by atoms with Gasteiger partial charge in [-0.1, -0.05) is 6.07 Å². The van der Waals surface area contributed by atoms with Gasteiger partial charge in [0.25, 0.3) is 5.91 Å². The maximum Gasteiger partial charge on any atom is 0.303 e. The highest BCUT2D eigenvalue weighted by Crippen LogP contribution is 2.09. The first kappa shape index (κ1) is 13.2. The summed E-state index contributed by atoms with van der Waals surface area (Å²) in [6, 6.07) is 4.35. The van der Waals surface area contributed by atoms with Gasteiger partial charge in [-0.25, -0.2) is 4.39 Å². The highest BCUT2D eigenvalue weighted by Gasteiger charge is 2.10. The van der Waals surface area contributed by atoms with E-state index in [1.807, 2.05) is 0 Å². The van der Waals surface area contributed by atoms with Gasteiger partial charge >= 0.3 is 5.97 Å². The summed E-state index contributed by atoms with van der Waals surface area (Å²) >= 11 is 0. The van der Waals surface area contributed by atoms with Gasteiger partial charge in [-0.15, -0.1) is 0 Å². The third-order valence-corrected chi connectivity index (χ3v) is 2.22. The summed E-state index contributed by atoms with van der Waals surface area (Å²) in [6.07, 6.45) is 0.311. The van der Waals surface area contributed by atoms with Crippen LogP contribution < -0.4 is 5.32 Å². The number of amides is 1. The van der Waals surface area contributed by atoms with Crippen molar-refractivity contribution < 1.29 is 19.1 Å². The number of nitrogens with one attached hydrogen (secondary N) is 1. The molecule has 92 valence electrons. The molecular weight excluding hydrogens is 225 g/mol. The van der Waals surface area contributed by atoms with Crippen LogP contribution in [0.1, 0.15) is 28.8 Å². The zero-order valence-corrected chi connectivity index (χ0v) is 9.50. The molecule has 0 saturated carbocycles. The number of benzene rings is 1. The molecule has 0 unspecified atom stereocenters. The maximum atomic E-state index is 13.4. The molecule has 0 atom stereocenters. The minimum absolute atomic E-state index is 0.0172. The molecule has 1 aromatic carbocycles. The van der Waals surface area contributed by atoms with Crippen LogP contribution in [0.4, 0.5) is 4.39 Å². The fourth-order valence-corrected chi connectivity index (χ4v) is 1.34. The van der Waals surface area contributed by atoms with Gasteiger partial charge in [0.1, 0.15) is 5.82 Å². The Morgan fingerprint density at radius 2 is 2.12 bits per heavy atom. The Balaban J connectivity index is 2.50. The van der Waals surface area contributed by atoms with Crippen molar-refractivity contribution >= 4 is 11.9 Å². The molecule has 5 heteroatoms. The first-order chi connectivity index (χ1) is 8.00. The minimum atomic E-state index is -0.916.